The first kappa shape index (κ1) is 24.2. The summed E-state index contributed by atoms with van der Waals surface area (Å²) in [6.45, 7) is 4.37. The quantitative estimate of drug-likeness (QED) is 0.173. The minimum Gasteiger partial charge on any atom is -0.490 e. The zero-order valence-electron chi connectivity index (χ0n) is 18.8. The van der Waals surface area contributed by atoms with Gasteiger partial charge in [-0.3, -0.25) is 10.1 Å². The summed E-state index contributed by atoms with van der Waals surface area (Å²) < 4.78 is 16.9. The van der Waals surface area contributed by atoms with Gasteiger partial charge in [0, 0.05) is 17.7 Å². The number of nitro benzene ring substituents is 1. The zero-order chi connectivity index (χ0) is 24.3. The van der Waals surface area contributed by atoms with Gasteiger partial charge >= 0.3 is 5.97 Å². The molecule has 0 amide bonds. The SMILES string of the molecule is CCOc1cc(/C=N/OC(=O)COc2ccc([N+](=O)[O-])cc2)ccc1OCc1ccccc1C. The third kappa shape index (κ3) is 7.06. The highest BCUT2D eigenvalue weighted by Gasteiger charge is 2.09. The predicted molar refractivity (Wildman–Crippen MR) is 125 cm³/mol. The van der Waals surface area contributed by atoms with Crippen LogP contribution >= 0.6 is 0 Å². The van der Waals surface area contributed by atoms with Crippen LogP contribution in [0.4, 0.5) is 5.69 Å². The maximum absolute atomic E-state index is 11.8. The Morgan fingerprint density at radius 2 is 1.76 bits per heavy atom. The first-order valence-corrected chi connectivity index (χ1v) is 10.5. The molecule has 0 aliphatic heterocycles. The largest absolute Gasteiger partial charge is 0.490 e. The second kappa shape index (κ2) is 12.0. The monoisotopic (exact) mass is 464 g/mol. The fraction of sp³-hybridized carbons (Fsp3) is 0.200. The molecule has 3 rings (SSSR count). The first-order valence-electron chi connectivity index (χ1n) is 10.5. The van der Waals surface area contributed by atoms with Gasteiger partial charge in [-0.05, 0) is 55.3 Å². The van der Waals surface area contributed by atoms with Gasteiger partial charge in [0.1, 0.15) is 12.4 Å². The van der Waals surface area contributed by atoms with Gasteiger partial charge in [0.05, 0.1) is 17.7 Å². The van der Waals surface area contributed by atoms with Crippen LogP contribution in [0.15, 0.2) is 71.9 Å². The number of oxime groups is 1. The van der Waals surface area contributed by atoms with E-state index in [-0.39, 0.29) is 5.69 Å². The number of nitrogens with zero attached hydrogens (tertiary/aromatic N) is 2. The second-order valence-corrected chi connectivity index (χ2v) is 7.09. The fourth-order valence-electron chi connectivity index (χ4n) is 2.90. The zero-order valence-corrected chi connectivity index (χ0v) is 18.8. The Balaban J connectivity index is 1.54. The van der Waals surface area contributed by atoms with E-state index < -0.39 is 17.5 Å². The number of hydrogen-bond donors (Lipinski definition) is 0. The molecule has 0 aromatic heterocycles. The summed E-state index contributed by atoms with van der Waals surface area (Å²) in [5, 5.41) is 14.3. The Morgan fingerprint density at radius 3 is 2.47 bits per heavy atom. The molecule has 0 aliphatic carbocycles. The van der Waals surface area contributed by atoms with Crippen LogP contribution in [0.5, 0.6) is 17.2 Å². The van der Waals surface area contributed by atoms with Crippen molar-refractivity contribution in [2.24, 2.45) is 5.16 Å². The molecule has 3 aromatic rings. The second-order valence-electron chi connectivity index (χ2n) is 7.09. The van der Waals surface area contributed by atoms with Gasteiger partial charge < -0.3 is 19.0 Å². The Morgan fingerprint density at radius 1 is 1.00 bits per heavy atom. The van der Waals surface area contributed by atoms with Crippen LogP contribution in [0.2, 0.25) is 0 Å². The third-order valence-electron chi connectivity index (χ3n) is 4.67. The summed E-state index contributed by atoms with van der Waals surface area (Å²) in [6.07, 6.45) is 1.37. The van der Waals surface area contributed by atoms with Crippen molar-refractivity contribution in [1.29, 1.82) is 0 Å². The topological polar surface area (TPSA) is 109 Å². The number of nitro groups is 1. The summed E-state index contributed by atoms with van der Waals surface area (Å²) in [6, 6.07) is 18.6. The minimum atomic E-state index is -0.724. The van der Waals surface area contributed by atoms with Gasteiger partial charge in [0.25, 0.3) is 5.69 Å². The number of non-ortho nitro benzene ring substituents is 1. The highest BCUT2D eigenvalue weighted by atomic mass is 16.7. The number of aryl methyl sites for hydroxylation is 1. The maximum atomic E-state index is 11.8. The lowest BCUT2D eigenvalue weighted by atomic mass is 10.1. The third-order valence-corrected chi connectivity index (χ3v) is 4.67. The average molecular weight is 464 g/mol. The standard InChI is InChI=1S/C25H24N2O7/c1-3-31-24-14-19(8-13-23(24)33-16-20-7-5-4-6-18(20)2)15-26-34-25(28)17-32-22-11-9-21(10-12-22)27(29)30/h4-15H,3,16-17H2,1-2H3/b26-15+. The molecule has 0 N–H and O–H groups in total. The number of hydrogen-bond acceptors (Lipinski definition) is 8. The molecule has 0 atom stereocenters. The smallest absolute Gasteiger partial charge is 0.372 e. The Kier molecular flexibility index (Phi) is 8.56. The van der Waals surface area contributed by atoms with Crippen molar-refractivity contribution in [3.05, 3.63) is 93.5 Å². The number of benzene rings is 3. The van der Waals surface area contributed by atoms with Crippen LogP contribution in [0.3, 0.4) is 0 Å². The Labute approximate surface area is 196 Å². The average Bonchev–Trinajstić information content (AvgIpc) is 2.83. The van der Waals surface area contributed by atoms with Gasteiger partial charge in [-0.15, -0.1) is 0 Å². The molecule has 3 aromatic carbocycles. The summed E-state index contributed by atoms with van der Waals surface area (Å²) >= 11 is 0. The molecule has 0 unspecified atom stereocenters. The molecule has 0 heterocycles. The van der Waals surface area contributed by atoms with Gasteiger partial charge in [0.2, 0.25) is 0 Å². The van der Waals surface area contributed by atoms with Crippen LogP contribution < -0.4 is 14.2 Å². The van der Waals surface area contributed by atoms with E-state index in [1.54, 1.807) is 18.2 Å². The van der Waals surface area contributed by atoms with Crippen molar-refractivity contribution in [3.8, 4) is 17.2 Å². The van der Waals surface area contributed by atoms with Crippen molar-refractivity contribution in [1.82, 2.24) is 0 Å². The van der Waals surface area contributed by atoms with E-state index in [9.17, 15) is 14.9 Å². The van der Waals surface area contributed by atoms with E-state index >= 15 is 0 Å². The molecule has 0 saturated heterocycles. The van der Waals surface area contributed by atoms with Crippen LogP contribution in [-0.4, -0.2) is 30.3 Å². The molecule has 0 radical (unpaired) electrons. The molecule has 9 nitrogen and oxygen atoms in total. The first-order chi connectivity index (χ1) is 16.5. The van der Waals surface area contributed by atoms with Crippen molar-refractivity contribution >= 4 is 17.9 Å². The molecule has 0 saturated carbocycles. The van der Waals surface area contributed by atoms with Crippen molar-refractivity contribution in [2.45, 2.75) is 20.5 Å². The maximum Gasteiger partial charge on any atom is 0.372 e. The van der Waals surface area contributed by atoms with E-state index in [0.717, 1.165) is 11.1 Å². The van der Waals surface area contributed by atoms with Gasteiger partial charge in [-0.2, -0.15) is 0 Å². The summed E-state index contributed by atoms with van der Waals surface area (Å²) in [4.78, 5) is 26.8. The van der Waals surface area contributed by atoms with Crippen LogP contribution in [0, 0.1) is 17.0 Å². The van der Waals surface area contributed by atoms with E-state index in [1.165, 1.54) is 30.5 Å². The van der Waals surface area contributed by atoms with Crippen molar-refractivity contribution in [3.63, 3.8) is 0 Å². The molecule has 9 heteroatoms. The predicted octanol–water partition coefficient (Wildman–Crippen LogP) is 4.84. The Bertz CT molecular complexity index is 1160. The minimum absolute atomic E-state index is 0.0717. The number of ether oxygens (including phenoxy) is 3. The molecular formula is C25H24N2O7. The van der Waals surface area contributed by atoms with Crippen LogP contribution in [-0.2, 0) is 16.2 Å². The summed E-state index contributed by atoms with van der Waals surface area (Å²) in [7, 11) is 0. The number of rotatable bonds is 11. The fourth-order valence-corrected chi connectivity index (χ4v) is 2.90. The van der Waals surface area contributed by atoms with E-state index in [2.05, 4.69) is 5.16 Å². The molecule has 176 valence electrons. The van der Waals surface area contributed by atoms with Crippen LogP contribution in [0.25, 0.3) is 0 Å². The molecule has 0 fully saturated rings. The van der Waals surface area contributed by atoms with Gasteiger partial charge in [-0.1, -0.05) is 29.4 Å². The lowest BCUT2D eigenvalue weighted by Crippen LogP contribution is -2.12. The number of carbonyl (C=O) groups excluding carboxylic acids is 1. The Hall–Kier alpha value is -4.40. The summed E-state index contributed by atoms with van der Waals surface area (Å²) in [5.74, 6) is 0.718. The molecule has 0 aliphatic rings. The van der Waals surface area contributed by atoms with E-state index in [0.29, 0.717) is 36.0 Å². The van der Waals surface area contributed by atoms with Gasteiger partial charge in [0.15, 0.2) is 18.1 Å². The lowest BCUT2D eigenvalue weighted by Gasteiger charge is -2.13. The highest BCUT2D eigenvalue weighted by Crippen LogP contribution is 2.29. The molecular weight excluding hydrogens is 440 g/mol. The molecule has 0 spiro atoms. The molecule has 34 heavy (non-hydrogen) atoms. The van der Waals surface area contributed by atoms with Crippen molar-refractivity contribution < 1.29 is 28.8 Å². The van der Waals surface area contributed by atoms with Gasteiger partial charge in [-0.25, -0.2) is 4.79 Å². The number of carbonyl (C=O) groups is 1. The van der Waals surface area contributed by atoms with E-state index in [4.69, 9.17) is 19.0 Å². The molecule has 0 bridgehead atoms. The lowest BCUT2D eigenvalue weighted by molar-refractivity contribution is -0.384. The highest BCUT2D eigenvalue weighted by molar-refractivity contribution is 5.81. The van der Waals surface area contributed by atoms with E-state index in [1.807, 2.05) is 38.1 Å². The van der Waals surface area contributed by atoms with Crippen molar-refractivity contribution in [2.75, 3.05) is 13.2 Å². The van der Waals surface area contributed by atoms with Crippen LogP contribution in [0.1, 0.15) is 23.6 Å². The normalized spacial score (nSPS) is 10.6. The summed E-state index contributed by atoms with van der Waals surface area (Å²) in [5.41, 5.74) is 2.80.